The van der Waals surface area contributed by atoms with Gasteiger partial charge in [0, 0.05) is 8.04 Å². The molecular formula is C14H11BrINO2. The number of carbonyl (C=O) groups is 1. The van der Waals surface area contributed by atoms with Gasteiger partial charge in [-0.15, -0.1) is 0 Å². The van der Waals surface area contributed by atoms with E-state index < -0.39 is 6.09 Å². The second-order valence-corrected chi connectivity index (χ2v) is 5.89. The molecule has 0 bridgehead atoms. The normalized spacial score (nSPS) is 10.0. The van der Waals surface area contributed by atoms with Gasteiger partial charge in [0.05, 0.1) is 5.69 Å². The van der Waals surface area contributed by atoms with Crippen molar-refractivity contribution in [2.75, 3.05) is 5.32 Å². The van der Waals surface area contributed by atoms with Gasteiger partial charge in [0.15, 0.2) is 0 Å². The predicted molar refractivity (Wildman–Crippen MR) is 87.1 cm³/mol. The Balaban J connectivity index is 1.91. The molecule has 5 heteroatoms. The number of nitrogens with one attached hydrogen (secondary N) is 1. The Morgan fingerprint density at radius 2 is 1.95 bits per heavy atom. The summed E-state index contributed by atoms with van der Waals surface area (Å²) in [5.74, 6) is 0. The Bertz CT molecular complexity index is 575. The Kier molecular flexibility index (Phi) is 5.21. The van der Waals surface area contributed by atoms with Crippen molar-refractivity contribution in [3.05, 3.63) is 62.1 Å². The first-order chi connectivity index (χ1) is 9.15. The van der Waals surface area contributed by atoms with Crippen LogP contribution in [0.2, 0.25) is 0 Å². The summed E-state index contributed by atoms with van der Waals surface area (Å²) < 4.78 is 7.07. The van der Waals surface area contributed by atoms with Crippen molar-refractivity contribution >= 4 is 50.3 Å². The zero-order chi connectivity index (χ0) is 13.7. The third kappa shape index (κ3) is 4.50. The summed E-state index contributed by atoms with van der Waals surface area (Å²) in [6.07, 6.45) is -0.455. The topological polar surface area (TPSA) is 38.3 Å². The van der Waals surface area contributed by atoms with Gasteiger partial charge in [0.25, 0.3) is 0 Å². The van der Waals surface area contributed by atoms with Gasteiger partial charge in [-0.05, 0) is 46.4 Å². The lowest BCUT2D eigenvalue weighted by molar-refractivity contribution is 0.155. The van der Waals surface area contributed by atoms with E-state index in [1.54, 1.807) is 0 Å². The van der Waals surface area contributed by atoms with Crippen LogP contribution in [0.15, 0.2) is 53.0 Å². The zero-order valence-corrected chi connectivity index (χ0v) is 13.6. The molecule has 0 aliphatic heterocycles. The highest BCUT2D eigenvalue weighted by molar-refractivity contribution is 14.1. The first-order valence-corrected chi connectivity index (χ1v) is 7.45. The number of carbonyl (C=O) groups excluding carboxylic acids is 1. The Morgan fingerprint density at radius 1 is 1.21 bits per heavy atom. The summed E-state index contributed by atoms with van der Waals surface area (Å²) in [5, 5.41) is 2.72. The molecule has 98 valence electrons. The molecule has 0 spiro atoms. The minimum Gasteiger partial charge on any atom is -0.444 e. The Morgan fingerprint density at radius 3 is 2.63 bits per heavy atom. The fourth-order valence-corrected chi connectivity index (χ4v) is 2.90. The van der Waals surface area contributed by atoms with Gasteiger partial charge in [0.2, 0.25) is 0 Å². The van der Waals surface area contributed by atoms with Crippen LogP contribution in [-0.4, -0.2) is 6.09 Å². The molecule has 0 saturated heterocycles. The Hall–Kier alpha value is -1.08. The molecule has 2 aromatic carbocycles. The molecule has 0 radical (unpaired) electrons. The van der Waals surface area contributed by atoms with E-state index in [2.05, 4.69) is 43.8 Å². The second-order valence-electron chi connectivity index (χ2n) is 3.81. The monoisotopic (exact) mass is 431 g/mol. The minimum atomic E-state index is -0.455. The van der Waals surface area contributed by atoms with Crippen molar-refractivity contribution in [2.24, 2.45) is 0 Å². The maximum Gasteiger partial charge on any atom is 0.411 e. The molecule has 0 heterocycles. The maximum absolute atomic E-state index is 11.7. The lowest BCUT2D eigenvalue weighted by atomic mass is 10.2. The fourth-order valence-electron chi connectivity index (χ4n) is 1.46. The fraction of sp³-hybridized carbons (Fsp3) is 0.0714. The van der Waals surface area contributed by atoms with Crippen molar-refractivity contribution in [1.29, 1.82) is 0 Å². The van der Waals surface area contributed by atoms with Crippen molar-refractivity contribution in [1.82, 2.24) is 0 Å². The van der Waals surface area contributed by atoms with Crippen LogP contribution in [-0.2, 0) is 11.3 Å². The molecule has 3 nitrogen and oxygen atoms in total. The van der Waals surface area contributed by atoms with Crippen LogP contribution in [0.1, 0.15) is 5.56 Å². The molecule has 0 unspecified atom stereocenters. The van der Waals surface area contributed by atoms with Gasteiger partial charge in [0.1, 0.15) is 6.61 Å². The van der Waals surface area contributed by atoms with E-state index in [-0.39, 0.29) is 6.61 Å². The third-order valence-electron chi connectivity index (χ3n) is 2.38. The number of hydrogen-bond acceptors (Lipinski definition) is 2. The van der Waals surface area contributed by atoms with Gasteiger partial charge in [-0.1, -0.05) is 46.3 Å². The average molecular weight is 432 g/mol. The van der Waals surface area contributed by atoms with Gasteiger partial charge in [-0.3, -0.25) is 5.32 Å². The number of halogens is 2. The summed E-state index contributed by atoms with van der Waals surface area (Å²) in [6.45, 7) is 0.264. The molecule has 0 aliphatic carbocycles. The largest absolute Gasteiger partial charge is 0.444 e. The summed E-state index contributed by atoms with van der Waals surface area (Å²) >= 11 is 5.53. The summed E-state index contributed by atoms with van der Waals surface area (Å²) in [6, 6.07) is 15.2. The first kappa shape index (κ1) is 14.3. The van der Waals surface area contributed by atoms with Gasteiger partial charge >= 0.3 is 6.09 Å². The summed E-state index contributed by atoms with van der Waals surface area (Å²) in [4.78, 5) is 11.7. The molecule has 1 amide bonds. The highest BCUT2D eigenvalue weighted by Crippen LogP contribution is 2.22. The molecule has 2 aromatic rings. The number of rotatable bonds is 3. The minimum absolute atomic E-state index is 0.264. The predicted octanol–water partition coefficient (Wildman–Crippen LogP) is 4.80. The molecule has 1 N–H and O–H groups in total. The van der Waals surface area contributed by atoms with E-state index in [1.807, 2.05) is 48.5 Å². The SMILES string of the molecule is O=C(Nc1ccc(Br)cc1I)OCc1ccccc1. The summed E-state index contributed by atoms with van der Waals surface area (Å²) in [5.41, 5.74) is 1.70. The van der Waals surface area contributed by atoms with E-state index in [0.29, 0.717) is 0 Å². The highest BCUT2D eigenvalue weighted by Gasteiger charge is 2.06. The maximum atomic E-state index is 11.7. The van der Waals surface area contributed by atoms with Gasteiger partial charge in [-0.2, -0.15) is 0 Å². The number of benzene rings is 2. The van der Waals surface area contributed by atoms with Gasteiger partial charge < -0.3 is 4.74 Å². The lowest BCUT2D eigenvalue weighted by Crippen LogP contribution is -2.14. The van der Waals surface area contributed by atoms with E-state index in [0.717, 1.165) is 19.3 Å². The quantitative estimate of drug-likeness (QED) is 0.708. The number of anilines is 1. The first-order valence-electron chi connectivity index (χ1n) is 5.58. The van der Waals surface area contributed by atoms with E-state index >= 15 is 0 Å². The highest BCUT2D eigenvalue weighted by atomic mass is 127. The van der Waals surface area contributed by atoms with Gasteiger partial charge in [-0.25, -0.2) is 4.79 Å². The molecule has 0 atom stereocenters. The van der Waals surface area contributed by atoms with Crippen molar-refractivity contribution in [3.63, 3.8) is 0 Å². The number of hydrogen-bond donors (Lipinski definition) is 1. The van der Waals surface area contributed by atoms with Crippen LogP contribution in [0.25, 0.3) is 0 Å². The van der Waals surface area contributed by atoms with E-state index in [1.165, 1.54) is 0 Å². The molecule has 0 saturated carbocycles. The molecule has 0 aromatic heterocycles. The van der Waals surface area contributed by atoms with Crippen LogP contribution in [0.4, 0.5) is 10.5 Å². The van der Waals surface area contributed by atoms with Crippen molar-refractivity contribution < 1.29 is 9.53 Å². The molecule has 2 rings (SSSR count). The average Bonchev–Trinajstić information content (AvgIpc) is 2.41. The zero-order valence-electron chi connectivity index (χ0n) is 9.90. The van der Waals surface area contributed by atoms with E-state index in [9.17, 15) is 4.79 Å². The standard InChI is InChI=1S/C14H11BrINO2/c15-11-6-7-13(12(16)8-11)17-14(18)19-9-10-4-2-1-3-5-10/h1-8H,9H2,(H,17,18). The lowest BCUT2D eigenvalue weighted by Gasteiger charge is -2.08. The van der Waals surface area contributed by atoms with Crippen LogP contribution in [0.3, 0.4) is 0 Å². The van der Waals surface area contributed by atoms with Crippen molar-refractivity contribution in [3.8, 4) is 0 Å². The molecule has 0 fully saturated rings. The van der Waals surface area contributed by atoms with E-state index in [4.69, 9.17) is 4.74 Å². The number of amides is 1. The Labute approximate surface area is 133 Å². The second kappa shape index (κ2) is 6.91. The molecule has 0 aliphatic rings. The van der Waals surface area contributed by atoms with Crippen LogP contribution >= 0.6 is 38.5 Å². The van der Waals surface area contributed by atoms with Crippen LogP contribution in [0.5, 0.6) is 0 Å². The molecule has 19 heavy (non-hydrogen) atoms. The van der Waals surface area contributed by atoms with Crippen LogP contribution < -0.4 is 5.32 Å². The summed E-state index contributed by atoms with van der Waals surface area (Å²) in [7, 11) is 0. The smallest absolute Gasteiger partial charge is 0.411 e. The van der Waals surface area contributed by atoms with Crippen molar-refractivity contribution in [2.45, 2.75) is 6.61 Å². The van der Waals surface area contributed by atoms with Crippen LogP contribution in [0, 0.1) is 3.57 Å². The third-order valence-corrected chi connectivity index (χ3v) is 3.77. The molecular weight excluding hydrogens is 421 g/mol. The number of ether oxygens (including phenoxy) is 1.